The smallest absolute Gasteiger partial charge is 0.336 e. The zero-order valence-corrected chi connectivity index (χ0v) is 12.0. The first-order valence-corrected chi connectivity index (χ1v) is 7.52. The molecule has 0 spiro atoms. The van der Waals surface area contributed by atoms with Crippen LogP contribution in [0.5, 0.6) is 0 Å². The number of hydrogen-bond acceptors (Lipinski definition) is 5. The second-order valence-corrected chi connectivity index (χ2v) is 5.89. The third-order valence-electron chi connectivity index (χ3n) is 2.93. The lowest BCUT2D eigenvalue weighted by atomic mass is 10.1. The molecule has 0 fully saturated rings. The molecule has 0 saturated carbocycles. The first-order chi connectivity index (χ1) is 9.79. The molecule has 0 aliphatic rings. The number of benzene rings is 1. The lowest BCUT2D eigenvalue weighted by Crippen LogP contribution is -2.11. The molecule has 0 amide bonds. The molecule has 0 bridgehead atoms. The van der Waals surface area contributed by atoms with Crippen molar-refractivity contribution in [1.82, 2.24) is 0 Å². The first-order valence-electron chi connectivity index (χ1n) is 5.97. The molecule has 21 heavy (non-hydrogen) atoms. The number of anilines is 1. The number of nitrogens with one attached hydrogen (secondary N) is 1. The van der Waals surface area contributed by atoms with Crippen molar-refractivity contribution in [2.75, 3.05) is 5.32 Å². The summed E-state index contributed by atoms with van der Waals surface area (Å²) in [5.74, 6) is -0.634. The van der Waals surface area contributed by atoms with E-state index in [1.165, 1.54) is 18.2 Å². The van der Waals surface area contributed by atoms with Crippen LogP contribution in [0.25, 0.3) is 0 Å². The molecule has 0 unspecified atom stereocenters. The van der Waals surface area contributed by atoms with Gasteiger partial charge in [0.15, 0.2) is 0 Å². The number of carboxylic acid groups (broad SMARTS) is 1. The van der Waals surface area contributed by atoms with Crippen molar-refractivity contribution in [2.45, 2.75) is 18.6 Å². The molecule has 8 heteroatoms. The lowest BCUT2D eigenvalue weighted by molar-refractivity contribution is 0.0696. The van der Waals surface area contributed by atoms with Gasteiger partial charge in [0.25, 0.3) is 10.0 Å². The number of nitrogens with two attached hydrogens (primary N) is 1. The van der Waals surface area contributed by atoms with Gasteiger partial charge in [0.2, 0.25) is 5.09 Å². The lowest BCUT2D eigenvalue weighted by Gasteiger charge is -2.10. The molecule has 1 aromatic heterocycles. The molecule has 0 saturated heterocycles. The van der Waals surface area contributed by atoms with Crippen molar-refractivity contribution >= 4 is 21.7 Å². The predicted molar refractivity (Wildman–Crippen MR) is 75.5 cm³/mol. The predicted octanol–water partition coefficient (Wildman–Crippen LogP) is 1.55. The Bertz CT molecular complexity index is 780. The highest BCUT2D eigenvalue weighted by Gasteiger charge is 2.14. The maximum Gasteiger partial charge on any atom is 0.336 e. The van der Waals surface area contributed by atoms with Crippen molar-refractivity contribution in [1.29, 1.82) is 0 Å². The van der Waals surface area contributed by atoms with E-state index in [-0.39, 0.29) is 17.2 Å². The highest BCUT2D eigenvalue weighted by Crippen LogP contribution is 2.20. The quantitative estimate of drug-likeness (QED) is 0.770. The highest BCUT2D eigenvalue weighted by atomic mass is 32.2. The fourth-order valence-electron chi connectivity index (χ4n) is 1.85. The fraction of sp³-hybridized carbons (Fsp3) is 0.154. The summed E-state index contributed by atoms with van der Waals surface area (Å²) in [5, 5.41) is 16.7. The number of aromatic carboxylic acids is 1. The summed E-state index contributed by atoms with van der Waals surface area (Å²) in [6, 6.07) is 7.62. The van der Waals surface area contributed by atoms with Gasteiger partial charge in [-0.05, 0) is 36.8 Å². The number of primary sulfonamides is 1. The number of furan rings is 1. The Morgan fingerprint density at radius 3 is 2.62 bits per heavy atom. The summed E-state index contributed by atoms with van der Waals surface area (Å²) >= 11 is 0. The third-order valence-corrected chi connectivity index (χ3v) is 3.71. The minimum absolute atomic E-state index is 0.199. The SMILES string of the molecule is Cc1c(NCc2ccc(S(N)(=O)=O)o2)cccc1C(=O)O. The number of hydrogen-bond donors (Lipinski definition) is 3. The van der Waals surface area contributed by atoms with E-state index < -0.39 is 16.0 Å². The van der Waals surface area contributed by atoms with Crippen LogP contribution in [0, 0.1) is 6.92 Å². The van der Waals surface area contributed by atoms with Crippen LogP contribution in [0.4, 0.5) is 5.69 Å². The van der Waals surface area contributed by atoms with E-state index in [0.29, 0.717) is 17.0 Å². The Morgan fingerprint density at radius 2 is 2.05 bits per heavy atom. The summed E-state index contributed by atoms with van der Waals surface area (Å²) in [6.45, 7) is 1.89. The van der Waals surface area contributed by atoms with Gasteiger partial charge < -0.3 is 14.8 Å². The molecule has 1 heterocycles. The second kappa shape index (κ2) is 5.58. The monoisotopic (exact) mass is 310 g/mol. The van der Waals surface area contributed by atoms with Gasteiger partial charge in [0.1, 0.15) is 5.76 Å². The van der Waals surface area contributed by atoms with Gasteiger partial charge in [-0.15, -0.1) is 0 Å². The molecule has 2 rings (SSSR count). The van der Waals surface area contributed by atoms with E-state index in [1.807, 2.05) is 0 Å². The zero-order chi connectivity index (χ0) is 15.6. The van der Waals surface area contributed by atoms with E-state index >= 15 is 0 Å². The van der Waals surface area contributed by atoms with Crippen molar-refractivity contribution in [3.8, 4) is 0 Å². The van der Waals surface area contributed by atoms with E-state index in [9.17, 15) is 13.2 Å². The van der Waals surface area contributed by atoms with E-state index in [0.717, 1.165) is 0 Å². The average Bonchev–Trinajstić information content (AvgIpc) is 2.86. The number of carboxylic acids is 1. The van der Waals surface area contributed by atoms with Crippen molar-refractivity contribution < 1.29 is 22.7 Å². The van der Waals surface area contributed by atoms with Crippen molar-refractivity contribution in [3.05, 3.63) is 47.2 Å². The third kappa shape index (κ3) is 3.41. The van der Waals surface area contributed by atoms with Crippen molar-refractivity contribution in [3.63, 3.8) is 0 Å². The minimum Gasteiger partial charge on any atom is -0.478 e. The fourth-order valence-corrected chi connectivity index (χ4v) is 2.33. The Kier molecular flexibility index (Phi) is 4.01. The van der Waals surface area contributed by atoms with Crippen LogP contribution in [0.3, 0.4) is 0 Å². The topological polar surface area (TPSA) is 123 Å². The van der Waals surface area contributed by atoms with Crippen LogP contribution in [0.15, 0.2) is 39.8 Å². The first kappa shape index (κ1) is 15.1. The zero-order valence-electron chi connectivity index (χ0n) is 11.2. The van der Waals surface area contributed by atoms with E-state index in [2.05, 4.69) is 5.32 Å². The van der Waals surface area contributed by atoms with E-state index in [4.69, 9.17) is 14.7 Å². The van der Waals surface area contributed by atoms with Gasteiger partial charge in [0, 0.05) is 5.69 Å². The van der Waals surface area contributed by atoms with Crippen LogP contribution in [-0.4, -0.2) is 19.5 Å². The molecule has 0 aliphatic carbocycles. The normalized spacial score (nSPS) is 11.3. The van der Waals surface area contributed by atoms with Crippen LogP contribution in [0.2, 0.25) is 0 Å². The van der Waals surface area contributed by atoms with Crippen LogP contribution < -0.4 is 10.5 Å². The van der Waals surface area contributed by atoms with Gasteiger partial charge in [-0.3, -0.25) is 0 Å². The van der Waals surface area contributed by atoms with Gasteiger partial charge in [0.05, 0.1) is 12.1 Å². The van der Waals surface area contributed by atoms with Crippen molar-refractivity contribution in [2.24, 2.45) is 5.14 Å². The number of sulfonamides is 1. The Hall–Kier alpha value is -2.32. The van der Waals surface area contributed by atoms with Gasteiger partial charge >= 0.3 is 5.97 Å². The van der Waals surface area contributed by atoms with Crippen LogP contribution in [-0.2, 0) is 16.6 Å². The standard InChI is InChI=1S/C13H14N2O5S/c1-8-10(13(16)17)3-2-4-11(8)15-7-9-5-6-12(20-9)21(14,18)19/h2-6,15H,7H2,1H3,(H,16,17)(H2,14,18,19). The molecule has 4 N–H and O–H groups in total. The Balaban J connectivity index is 2.16. The van der Waals surface area contributed by atoms with Crippen LogP contribution in [0.1, 0.15) is 21.7 Å². The molecule has 1 aromatic carbocycles. The molecule has 0 atom stereocenters. The summed E-state index contributed by atoms with van der Waals surface area (Å²) in [6.07, 6.45) is 0. The number of carbonyl (C=O) groups is 1. The maximum atomic E-state index is 11.1. The molecule has 0 radical (unpaired) electrons. The van der Waals surface area contributed by atoms with Gasteiger partial charge in [-0.1, -0.05) is 6.07 Å². The highest BCUT2D eigenvalue weighted by molar-refractivity contribution is 7.89. The molecule has 7 nitrogen and oxygen atoms in total. The van der Waals surface area contributed by atoms with Gasteiger partial charge in [-0.25, -0.2) is 18.4 Å². The maximum absolute atomic E-state index is 11.1. The van der Waals surface area contributed by atoms with E-state index in [1.54, 1.807) is 19.1 Å². The minimum atomic E-state index is -3.86. The number of rotatable bonds is 5. The van der Waals surface area contributed by atoms with Crippen LogP contribution >= 0.6 is 0 Å². The average molecular weight is 310 g/mol. The second-order valence-electron chi connectivity index (χ2n) is 4.40. The molecular formula is C13H14N2O5S. The Morgan fingerprint density at radius 1 is 1.33 bits per heavy atom. The van der Waals surface area contributed by atoms with Gasteiger partial charge in [-0.2, -0.15) is 0 Å². The molecule has 2 aromatic rings. The summed E-state index contributed by atoms with van der Waals surface area (Å²) in [7, 11) is -3.86. The molecule has 0 aliphatic heterocycles. The molecule has 112 valence electrons. The molecular weight excluding hydrogens is 296 g/mol. The largest absolute Gasteiger partial charge is 0.478 e. The summed E-state index contributed by atoms with van der Waals surface area (Å²) in [5.41, 5.74) is 1.41. The summed E-state index contributed by atoms with van der Waals surface area (Å²) < 4.78 is 27.3. The Labute approximate surface area is 121 Å². The summed E-state index contributed by atoms with van der Waals surface area (Å²) in [4.78, 5) is 11.0.